The van der Waals surface area contributed by atoms with Crippen molar-refractivity contribution in [2.75, 3.05) is 6.54 Å². The largest absolute Gasteiger partial charge is 0.364 e. The van der Waals surface area contributed by atoms with Gasteiger partial charge in [-0.15, -0.1) is 13.2 Å². The smallest absolute Gasteiger partial charge is 0.110 e. The summed E-state index contributed by atoms with van der Waals surface area (Å²) in [6, 6.07) is 10.0. The Balaban J connectivity index is 2.40. The summed E-state index contributed by atoms with van der Waals surface area (Å²) >= 11 is 0. The molecule has 0 N–H and O–H groups in total. The molecule has 2 nitrogen and oxygen atoms in total. The lowest BCUT2D eigenvalue weighted by Gasteiger charge is -2.08. The highest BCUT2D eigenvalue weighted by atomic mass is 16.5. The van der Waals surface area contributed by atoms with Crippen LogP contribution >= 0.6 is 0 Å². The van der Waals surface area contributed by atoms with Gasteiger partial charge in [0, 0.05) is 6.21 Å². The first-order valence-corrected chi connectivity index (χ1v) is 5.25. The van der Waals surface area contributed by atoms with Crippen LogP contribution in [0.1, 0.15) is 5.56 Å². The van der Waals surface area contributed by atoms with Crippen molar-refractivity contribution in [1.82, 2.24) is 0 Å². The van der Waals surface area contributed by atoms with Crippen LogP contribution in [0.25, 0.3) is 0 Å². The van der Waals surface area contributed by atoms with Crippen molar-refractivity contribution in [1.29, 1.82) is 0 Å². The fraction of sp³-hybridized carbons (Fsp3) is 0.214. The third kappa shape index (κ3) is 4.71. The molecule has 1 aromatic carbocycles. The van der Waals surface area contributed by atoms with Crippen LogP contribution < -0.4 is 0 Å². The SMILES string of the molecule is C=CCN=C[C@H](C=C)OCc1ccccc1. The number of aliphatic imine (C=N–C) groups is 1. The quantitative estimate of drug-likeness (QED) is 0.506. The Morgan fingerprint density at radius 2 is 2.00 bits per heavy atom. The van der Waals surface area contributed by atoms with E-state index in [4.69, 9.17) is 4.74 Å². The standard InChI is InChI=1S/C14H17NO/c1-3-10-15-11-14(4-2)16-12-13-8-6-5-7-9-13/h3-9,11,14H,1-2,10,12H2/t14-/m0/s1. The Labute approximate surface area is 97.0 Å². The molecule has 1 aromatic rings. The van der Waals surface area contributed by atoms with Crippen molar-refractivity contribution >= 4 is 6.21 Å². The van der Waals surface area contributed by atoms with Gasteiger partial charge in [-0.1, -0.05) is 42.5 Å². The fourth-order valence-electron chi connectivity index (χ4n) is 1.18. The number of hydrogen-bond acceptors (Lipinski definition) is 2. The zero-order valence-electron chi connectivity index (χ0n) is 9.38. The number of nitrogens with zero attached hydrogens (tertiary/aromatic N) is 1. The molecule has 0 spiro atoms. The second kappa shape index (κ2) is 7.60. The molecule has 1 atom stereocenters. The van der Waals surface area contributed by atoms with Gasteiger partial charge in [-0.2, -0.15) is 0 Å². The van der Waals surface area contributed by atoms with Crippen molar-refractivity contribution in [3.63, 3.8) is 0 Å². The Hall–Kier alpha value is -1.67. The molecule has 0 saturated heterocycles. The number of ether oxygens (including phenoxy) is 1. The molecule has 16 heavy (non-hydrogen) atoms. The van der Waals surface area contributed by atoms with Crippen LogP contribution in [0.4, 0.5) is 0 Å². The maximum Gasteiger partial charge on any atom is 0.110 e. The molecule has 0 fully saturated rings. The zero-order chi connectivity index (χ0) is 11.6. The summed E-state index contributed by atoms with van der Waals surface area (Å²) in [5, 5.41) is 0. The normalized spacial score (nSPS) is 12.5. The lowest BCUT2D eigenvalue weighted by atomic mass is 10.2. The monoisotopic (exact) mass is 215 g/mol. The van der Waals surface area contributed by atoms with Crippen LogP contribution in [0.2, 0.25) is 0 Å². The summed E-state index contributed by atoms with van der Waals surface area (Å²) in [6.07, 6.45) is 5.08. The highest BCUT2D eigenvalue weighted by Gasteiger charge is 2.00. The summed E-state index contributed by atoms with van der Waals surface area (Å²) in [7, 11) is 0. The molecular formula is C14H17NO. The lowest BCUT2D eigenvalue weighted by molar-refractivity contribution is 0.116. The van der Waals surface area contributed by atoms with Crippen LogP contribution in [0.3, 0.4) is 0 Å². The molecule has 0 saturated carbocycles. The third-order valence-corrected chi connectivity index (χ3v) is 2.00. The maximum atomic E-state index is 5.62. The molecule has 0 aliphatic rings. The molecule has 0 aliphatic carbocycles. The zero-order valence-corrected chi connectivity index (χ0v) is 9.38. The van der Waals surface area contributed by atoms with E-state index in [0.29, 0.717) is 13.2 Å². The molecule has 1 rings (SSSR count). The fourth-order valence-corrected chi connectivity index (χ4v) is 1.18. The Morgan fingerprint density at radius 1 is 1.25 bits per heavy atom. The van der Waals surface area contributed by atoms with E-state index in [1.54, 1.807) is 18.4 Å². The van der Waals surface area contributed by atoms with Gasteiger partial charge >= 0.3 is 0 Å². The summed E-state index contributed by atoms with van der Waals surface area (Å²) < 4.78 is 5.62. The second-order valence-electron chi connectivity index (χ2n) is 3.30. The van der Waals surface area contributed by atoms with Gasteiger partial charge in [0.1, 0.15) is 6.10 Å². The lowest BCUT2D eigenvalue weighted by Crippen LogP contribution is -2.11. The van der Waals surface area contributed by atoms with Crippen molar-refractivity contribution in [2.24, 2.45) is 4.99 Å². The van der Waals surface area contributed by atoms with Gasteiger partial charge < -0.3 is 4.74 Å². The first-order chi connectivity index (χ1) is 7.86. The van der Waals surface area contributed by atoms with Gasteiger partial charge in [0.15, 0.2) is 0 Å². The second-order valence-corrected chi connectivity index (χ2v) is 3.30. The molecule has 2 heteroatoms. The first-order valence-electron chi connectivity index (χ1n) is 5.25. The van der Waals surface area contributed by atoms with Crippen LogP contribution in [-0.2, 0) is 11.3 Å². The van der Waals surface area contributed by atoms with E-state index in [1.165, 1.54) is 0 Å². The van der Waals surface area contributed by atoms with Crippen molar-refractivity contribution in [3.05, 3.63) is 61.2 Å². The van der Waals surface area contributed by atoms with Crippen LogP contribution in [0.15, 0.2) is 60.6 Å². The van der Waals surface area contributed by atoms with E-state index in [9.17, 15) is 0 Å². The summed E-state index contributed by atoms with van der Waals surface area (Å²) in [6.45, 7) is 8.48. The molecule has 0 aromatic heterocycles. The number of rotatable bonds is 7. The minimum Gasteiger partial charge on any atom is -0.364 e. The van der Waals surface area contributed by atoms with Gasteiger partial charge in [0.05, 0.1) is 13.2 Å². The van der Waals surface area contributed by atoms with E-state index in [0.717, 1.165) is 5.56 Å². The molecular weight excluding hydrogens is 198 g/mol. The first kappa shape index (κ1) is 12.4. The van der Waals surface area contributed by atoms with Crippen LogP contribution in [-0.4, -0.2) is 18.9 Å². The molecule has 0 heterocycles. The Morgan fingerprint density at radius 3 is 2.62 bits per heavy atom. The van der Waals surface area contributed by atoms with Gasteiger partial charge in [-0.25, -0.2) is 0 Å². The third-order valence-electron chi connectivity index (χ3n) is 2.00. The van der Waals surface area contributed by atoms with Crippen molar-refractivity contribution in [2.45, 2.75) is 12.7 Å². The number of hydrogen-bond donors (Lipinski definition) is 0. The minimum absolute atomic E-state index is 0.139. The maximum absolute atomic E-state index is 5.62. The number of benzene rings is 1. The van der Waals surface area contributed by atoms with Gasteiger partial charge in [0.2, 0.25) is 0 Å². The predicted molar refractivity (Wildman–Crippen MR) is 68.8 cm³/mol. The average Bonchev–Trinajstić information content (AvgIpc) is 2.35. The van der Waals surface area contributed by atoms with E-state index in [-0.39, 0.29) is 6.10 Å². The molecule has 0 bridgehead atoms. The van der Waals surface area contributed by atoms with Crippen molar-refractivity contribution in [3.8, 4) is 0 Å². The van der Waals surface area contributed by atoms with Gasteiger partial charge in [0.25, 0.3) is 0 Å². The summed E-state index contributed by atoms with van der Waals surface area (Å²) in [5.74, 6) is 0. The molecule has 0 amide bonds. The van der Waals surface area contributed by atoms with Crippen LogP contribution in [0.5, 0.6) is 0 Å². The molecule has 0 radical (unpaired) electrons. The highest BCUT2D eigenvalue weighted by molar-refractivity contribution is 5.65. The summed E-state index contributed by atoms with van der Waals surface area (Å²) in [5.41, 5.74) is 1.14. The topological polar surface area (TPSA) is 21.6 Å². The van der Waals surface area contributed by atoms with E-state index >= 15 is 0 Å². The molecule has 84 valence electrons. The van der Waals surface area contributed by atoms with Gasteiger partial charge in [-0.05, 0) is 5.56 Å². The highest BCUT2D eigenvalue weighted by Crippen LogP contribution is 2.03. The Kier molecular flexibility index (Phi) is 5.89. The molecule has 0 aliphatic heterocycles. The van der Waals surface area contributed by atoms with E-state index < -0.39 is 0 Å². The molecule has 0 unspecified atom stereocenters. The average molecular weight is 215 g/mol. The predicted octanol–water partition coefficient (Wildman–Crippen LogP) is 3.01. The Bertz CT molecular complexity index is 343. The van der Waals surface area contributed by atoms with Crippen molar-refractivity contribution < 1.29 is 4.74 Å². The van der Waals surface area contributed by atoms with Gasteiger partial charge in [-0.3, -0.25) is 4.99 Å². The summed E-state index contributed by atoms with van der Waals surface area (Å²) in [4.78, 5) is 4.13. The van der Waals surface area contributed by atoms with Crippen LogP contribution in [0, 0.1) is 0 Å². The van der Waals surface area contributed by atoms with E-state index in [2.05, 4.69) is 18.2 Å². The minimum atomic E-state index is -0.139. The van der Waals surface area contributed by atoms with E-state index in [1.807, 2.05) is 30.3 Å².